The number of hydrogen-bond acceptors (Lipinski definition) is 5. The van der Waals surface area contributed by atoms with Crippen molar-refractivity contribution < 1.29 is 23.9 Å². The third kappa shape index (κ3) is 5.78. The van der Waals surface area contributed by atoms with Gasteiger partial charge in [-0.3, -0.25) is 9.59 Å². The van der Waals surface area contributed by atoms with Gasteiger partial charge >= 0.3 is 6.03 Å². The van der Waals surface area contributed by atoms with Crippen molar-refractivity contribution in [3.05, 3.63) is 106 Å². The molecule has 1 aliphatic rings. The number of amides is 4. The Morgan fingerprint density at radius 2 is 1.69 bits per heavy atom. The number of carbonyl (C=O) groups excluding carboxylic acids is 3. The number of carbonyl (C=O) groups is 3. The van der Waals surface area contributed by atoms with Crippen molar-refractivity contribution in [1.82, 2.24) is 10.2 Å². The quantitative estimate of drug-likeness (QED) is 0.203. The van der Waals surface area contributed by atoms with Gasteiger partial charge in [-0.1, -0.05) is 70.5 Å². The molecule has 5 rings (SSSR count). The Kier molecular flexibility index (Phi) is 7.60. The predicted molar refractivity (Wildman–Crippen MR) is 152 cm³/mol. The number of urea groups is 1. The first-order valence-electron chi connectivity index (χ1n) is 12.1. The molecule has 4 aromatic rings. The lowest BCUT2D eigenvalue weighted by Crippen LogP contribution is -2.38. The molecule has 0 aromatic heterocycles. The Morgan fingerprint density at radius 3 is 2.49 bits per heavy atom. The number of nitrogens with one attached hydrogen (secondary N) is 2. The third-order valence-corrected chi connectivity index (χ3v) is 6.70. The van der Waals surface area contributed by atoms with Crippen LogP contribution >= 0.6 is 15.9 Å². The van der Waals surface area contributed by atoms with Crippen LogP contribution in [0.2, 0.25) is 0 Å². The fourth-order valence-electron chi connectivity index (χ4n) is 4.23. The molecule has 1 heterocycles. The van der Waals surface area contributed by atoms with Gasteiger partial charge in [0.2, 0.25) is 5.91 Å². The number of hydrogen-bond donors (Lipinski definition) is 2. The molecule has 2 N–H and O–H groups in total. The highest BCUT2D eigenvalue weighted by Gasteiger charge is 2.35. The molecule has 0 unspecified atom stereocenters. The summed E-state index contributed by atoms with van der Waals surface area (Å²) in [6, 6.07) is 25.5. The van der Waals surface area contributed by atoms with Gasteiger partial charge in [0.05, 0.1) is 12.8 Å². The summed E-state index contributed by atoms with van der Waals surface area (Å²) < 4.78 is 12.4. The van der Waals surface area contributed by atoms with Crippen molar-refractivity contribution in [2.24, 2.45) is 0 Å². The maximum absolute atomic E-state index is 13.2. The van der Waals surface area contributed by atoms with Crippen molar-refractivity contribution in [1.29, 1.82) is 0 Å². The van der Waals surface area contributed by atoms with Gasteiger partial charge in [0, 0.05) is 10.0 Å². The molecule has 1 aliphatic heterocycles. The fourth-order valence-corrected chi connectivity index (χ4v) is 4.50. The maximum Gasteiger partial charge on any atom is 0.329 e. The van der Waals surface area contributed by atoms with Crippen LogP contribution < -0.4 is 20.1 Å². The van der Waals surface area contributed by atoms with Crippen LogP contribution in [-0.2, 0) is 16.2 Å². The van der Waals surface area contributed by atoms with E-state index in [1.807, 2.05) is 60.7 Å². The van der Waals surface area contributed by atoms with E-state index >= 15 is 0 Å². The van der Waals surface area contributed by atoms with Crippen LogP contribution in [0.15, 0.2) is 95.1 Å². The summed E-state index contributed by atoms with van der Waals surface area (Å²) in [5, 5.41) is 7.09. The molecule has 1 fully saturated rings. The molecule has 4 amide bonds. The molecule has 8 nitrogen and oxygen atoms in total. The predicted octanol–water partition coefficient (Wildman–Crippen LogP) is 5.72. The van der Waals surface area contributed by atoms with Crippen LogP contribution in [0.3, 0.4) is 0 Å². The largest absolute Gasteiger partial charge is 0.495 e. The Hall–Kier alpha value is -4.63. The van der Waals surface area contributed by atoms with E-state index in [0.717, 1.165) is 25.7 Å². The van der Waals surface area contributed by atoms with E-state index < -0.39 is 24.4 Å². The van der Waals surface area contributed by atoms with Gasteiger partial charge in [-0.2, -0.15) is 0 Å². The Labute approximate surface area is 233 Å². The first-order valence-corrected chi connectivity index (χ1v) is 12.9. The number of methoxy groups -OCH3 is 1. The highest BCUT2D eigenvalue weighted by atomic mass is 79.9. The lowest BCUT2D eigenvalue weighted by atomic mass is 10.0. The summed E-state index contributed by atoms with van der Waals surface area (Å²) in [6.07, 6.45) is 1.59. The zero-order chi connectivity index (χ0) is 27.4. The van der Waals surface area contributed by atoms with Gasteiger partial charge in [-0.05, 0) is 52.7 Å². The summed E-state index contributed by atoms with van der Waals surface area (Å²) in [7, 11) is 1.49. The molecule has 0 spiro atoms. The van der Waals surface area contributed by atoms with Crippen molar-refractivity contribution in [3.63, 3.8) is 0 Å². The van der Waals surface area contributed by atoms with Gasteiger partial charge in [-0.15, -0.1) is 0 Å². The number of imide groups is 1. The molecule has 196 valence electrons. The highest BCUT2D eigenvalue weighted by Crippen LogP contribution is 2.32. The molecule has 1 saturated heterocycles. The smallest absolute Gasteiger partial charge is 0.329 e. The van der Waals surface area contributed by atoms with Gasteiger partial charge in [0.25, 0.3) is 5.91 Å². The summed E-state index contributed by atoms with van der Waals surface area (Å²) >= 11 is 3.43. The van der Waals surface area contributed by atoms with E-state index in [-0.39, 0.29) is 5.70 Å². The fraction of sp³-hybridized carbons (Fsp3) is 0.100. The highest BCUT2D eigenvalue weighted by molar-refractivity contribution is 9.10. The molecule has 4 aromatic carbocycles. The number of fused-ring (bicyclic) bond motifs is 1. The maximum atomic E-state index is 13.2. The summed E-state index contributed by atoms with van der Waals surface area (Å²) in [5.74, 6) is -0.122. The van der Waals surface area contributed by atoms with Crippen LogP contribution in [0.1, 0.15) is 11.1 Å². The van der Waals surface area contributed by atoms with Crippen molar-refractivity contribution in [2.45, 2.75) is 6.61 Å². The minimum atomic E-state index is -0.681. The first-order chi connectivity index (χ1) is 18.9. The van der Waals surface area contributed by atoms with Gasteiger partial charge < -0.3 is 20.1 Å². The van der Waals surface area contributed by atoms with Crippen LogP contribution in [0.25, 0.3) is 16.8 Å². The van der Waals surface area contributed by atoms with E-state index in [2.05, 4.69) is 26.6 Å². The number of rotatable bonds is 8. The van der Waals surface area contributed by atoms with E-state index in [0.29, 0.717) is 29.4 Å². The van der Waals surface area contributed by atoms with E-state index in [9.17, 15) is 14.4 Å². The monoisotopic (exact) mass is 585 g/mol. The number of benzene rings is 4. The number of ether oxygens (including phenoxy) is 2. The number of halogens is 1. The SMILES string of the molecule is COc1ccccc1NC(=O)CN1C(=O)N/C(=C/c2c(OCc3ccc(Br)cc3)ccc3ccccc23)C1=O. The normalized spacial score (nSPS) is 14.0. The first kappa shape index (κ1) is 26.0. The second kappa shape index (κ2) is 11.4. The van der Waals surface area contributed by atoms with Gasteiger partial charge in [-0.25, -0.2) is 9.69 Å². The van der Waals surface area contributed by atoms with Crippen LogP contribution in [0.4, 0.5) is 10.5 Å². The Morgan fingerprint density at radius 1 is 0.949 bits per heavy atom. The standard InChI is InChI=1S/C30H24BrN3O5/c1-38-27-9-5-4-8-24(27)32-28(35)17-34-29(36)25(33-30(34)37)16-23-22-7-3-2-6-20(22)12-15-26(23)39-18-19-10-13-21(31)14-11-19/h2-16H,17-18H2,1H3,(H,32,35)(H,33,37)/b25-16+. The van der Waals surface area contributed by atoms with Crippen LogP contribution in [0, 0.1) is 0 Å². The molecule has 0 bridgehead atoms. The number of para-hydroxylation sites is 2. The Bertz CT molecular complexity index is 1600. The van der Waals surface area contributed by atoms with E-state index in [1.165, 1.54) is 7.11 Å². The number of anilines is 1. The molecule has 9 heteroatoms. The average Bonchev–Trinajstić information content (AvgIpc) is 3.21. The van der Waals surface area contributed by atoms with Crippen LogP contribution in [-0.4, -0.2) is 36.4 Å². The summed E-state index contributed by atoms with van der Waals surface area (Å²) in [5.41, 5.74) is 2.11. The molecule has 0 aliphatic carbocycles. The molecule has 0 saturated carbocycles. The summed E-state index contributed by atoms with van der Waals surface area (Å²) in [6.45, 7) is -0.139. The van der Waals surface area contributed by atoms with E-state index in [4.69, 9.17) is 9.47 Å². The molecular weight excluding hydrogens is 562 g/mol. The van der Waals surface area contributed by atoms with Crippen molar-refractivity contribution >= 4 is 56.3 Å². The van der Waals surface area contributed by atoms with Gasteiger partial charge in [0.1, 0.15) is 30.3 Å². The number of nitrogens with zero attached hydrogens (tertiary/aromatic N) is 1. The topological polar surface area (TPSA) is 97.0 Å². The zero-order valence-electron chi connectivity index (χ0n) is 20.9. The lowest BCUT2D eigenvalue weighted by molar-refractivity contribution is -0.127. The van der Waals surface area contributed by atoms with Crippen LogP contribution in [0.5, 0.6) is 11.5 Å². The average molecular weight is 586 g/mol. The van der Waals surface area contributed by atoms with Gasteiger partial charge in [0.15, 0.2) is 0 Å². The second-order valence-electron chi connectivity index (χ2n) is 8.74. The second-order valence-corrected chi connectivity index (χ2v) is 9.66. The molecule has 0 atom stereocenters. The molecule has 0 radical (unpaired) electrons. The lowest BCUT2D eigenvalue weighted by Gasteiger charge is -2.14. The Balaban J connectivity index is 1.39. The summed E-state index contributed by atoms with van der Waals surface area (Å²) in [4.78, 5) is 39.5. The van der Waals surface area contributed by atoms with Crippen molar-refractivity contribution in [2.75, 3.05) is 19.0 Å². The minimum absolute atomic E-state index is 0.0509. The molecule has 39 heavy (non-hydrogen) atoms. The van der Waals surface area contributed by atoms with Crippen molar-refractivity contribution in [3.8, 4) is 11.5 Å². The minimum Gasteiger partial charge on any atom is -0.495 e. The third-order valence-electron chi connectivity index (χ3n) is 6.17. The zero-order valence-corrected chi connectivity index (χ0v) is 22.5. The molecular formula is C30H24BrN3O5. The van der Waals surface area contributed by atoms with E-state index in [1.54, 1.807) is 30.3 Å².